The van der Waals surface area contributed by atoms with Crippen LogP contribution in [0.25, 0.3) is 0 Å². The maximum absolute atomic E-state index is 2.52. The molecule has 0 radical (unpaired) electrons. The molecule has 21 heavy (non-hydrogen) atoms. The van der Waals surface area contributed by atoms with Gasteiger partial charge in [0.15, 0.2) is 0 Å². The van der Waals surface area contributed by atoms with Gasteiger partial charge in [0.05, 0.1) is 0 Å². The molecule has 0 aromatic heterocycles. The lowest BCUT2D eigenvalue weighted by Crippen LogP contribution is -2.14. The molecule has 0 N–H and O–H groups in total. The lowest BCUT2D eigenvalue weighted by molar-refractivity contribution is 0.479. The molecule has 0 amide bonds. The van der Waals surface area contributed by atoms with E-state index in [4.69, 9.17) is 0 Å². The Bertz CT molecular complexity index is 505. The van der Waals surface area contributed by atoms with E-state index in [2.05, 4.69) is 38.2 Å². The fraction of sp³-hybridized carbons (Fsp3) is 0.619. The van der Waals surface area contributed by atoms with Crippen molar-refractivity contribution in [3.05, 3.63) is 46.6 Å². The summed E-state index contributed by atoms with van der Waals surface area (Å²) in [7, 11) is 0. The first-order chi connectivity index (χ1) is 10.2. The standard InChI is InChI=1S/C21H28/c1-14-5-3-7-20-16(9-11-18(14)20)13-17-10-12-19-15(2)6-4-8-21(17)19/h9-12,14-17H,3-8,13H2,1-2H3. The molecule has 4 aliphatic carbocycles. The van der Waals surface area contributed by atoms with Gasteiger partial charge >= 0.3 is 0 Å². The lowest BCUT2D eigenvalue weighted by Gasteiger charge is -2.28. The van der Waals surface area contributed by atoms with Crippen molar-refractivity contribution in [2.45, 2.75) is 58.8 Å². The maximum Gasteiger partial charge on any atom is -0.000544 e. The lowest BCUT2D eigenvalue weighted by atomic mass is 9.77. The van der Waals surface area contributed by atoms with Gasteiger partial charge in [0.2, 0.25) is 0 Å². The molecule has 4 unspecified atom stereocenters. The van der Waals surface area contributed by atoms with Crippen molar-refractivity contribution in [1.29, 1.82) is 0 Å². The minimum Gasteiger partial charge on any atom is -0.0770 e. The maximum atomic E-state index is 2.52. The van der Waals surface area contributed by atoms with E-state index in [1.807, 2.05) is 0 Å². The molecule has 0 aliphatic heterocycles. The summed E-state index contributed by atoms with van der Waals surface area (Å²) in [6.45, 7) is 4.83. The summed E-state index contributed by atoms with van der Waals surface area (Å²) < 4.78 is 0. The molecular weight excluding hydrogens is 252 g/mol. The summed E-state index contributed by atoms with van der Waals surface area (Å²) in [5.74, 6) is 3.08. The van der Waals surface area contributed by atoms with E-state index in [0.29, 0.717) is 0 Å². The summed E-state index contributed by atoms with van der Waals surface area (Å²) in [4.78, 5) is 0. The van der Waals surface area contributed by atoms with Crippen molar-refractivity contribution in [2.24, 2.45) is 23.7 Å². The van der Waals surface area contributed by atoms with Gasteiger partial charge in [-0.05, 0) is 79.8 Å². The van der Waals surface area contributed by atoms with E-state index in [0.717, 1.165) is 23.7 Å². The Labute approximate surface area is 129 Å². The highest BCUT2D eigenvalue weighted by atomic mass is 14.4. The van der Waals surface area contributed by atoms with Crippen LogP contribution in [0.15, 0.2) is 46.6 Å². The predicted molar refractivity (Wildman–Crippen MR) is 90.0 cm³/mol. The van der Waals surface area contributed by atoms with Crippen LogP contribution in [-0.4, -0.2) is 0 Å². The molecular formula is C21H28. The van der Waals surface area contributed by atoms with Gasteiger partial charge in [0.25, 0.3) is 0 Å². The van der Waals surface area contributed by atoms with Crippen LogP contribution in [0.3, 0.4) is 0 Å². The summed E-state index contributed by atoms with van der Waals surface area (Å²) in [6.07, 6.45) is 19.6. The molecule has 4 atom stereocenters. The van der Waals surface area contributed by atoms with Gasteiger partial charge in [-0.2, -0.15) is 0 Å². The SMILES string of the molecule is CC1CCCC2=C1C=CC2CC1C=CC2=C1CCCC2C. The van der Waals surface area contributed by atoms with E-state index in [1.54, 1.807) is 22.3 Å². The second kappa shape index (κ2) is 5.30. The summed E-state index contributed by atoms with van der Waals surface area (Å²) >= 11 is 0. The van der Waals surface area contributed by atoms with Gasteiger partial charge < -0.3 is 0 Å². The third-order valence-corrected chi connectivity index (χ3v) is 6.39. The number of rotatable bonds is 2. The first kappa shape index (κ1) is 13.6. The van der Waals surface area contributed by atoms with Crippen LogP contribution in [0.4, 0.5) is 0 Å². The van der Waals surface area contributed by atoms with E-state index in [9.17, 15) is 0 Å². The van der Waals surface area contributed by atoms with Gasteiger partial charge in [-0.3, -0.25) is 0 Å². The topological polar surface area (TPSA) is 0 Å². The molecule has 0 saturated heterocycles. The monoisotopic (exact) mass is 280 g/mol. The molecule has 0 aromatic carbocycles. The van der Waals surface area contributed by atoms with Crippen molar-refractivity contribution in [3.63, 3.8) is 0 Å². The zero-order valence-corrected chi connectivity index (χ0v) is 13.6. The highest BCUT2D eigenvalue weighted by molar-refractivity contribution is 5.43. The normalized spacial score (nSPS) is 38.2. The van der Waals surface area contributed by atoms with Crippen LogP contribution < -0.4 is 0 Å². The van der Waals surface area contributed by atoms with Crippen LogP contribution in [0.5, 0.6) is 0 Å². The van der Waals surface area contributed by atoms with Crippen molar-refractivity contribution in [3.8, 4) is 0 Å². The van der Waals surface area contributed by atoms with Crippen molar-refractivity contribution < 1.29 is 0 Å². The quantitative estimate of drug-likeness (QED) is 0.583. The fourth-order valence-corrected chi connectivity index (χ4v) is 5.16. The Kier molecular flexibility index (Phi) is 3.44. The van der Waals surface area contributed by atoms with Crippen molar-refractivity contribution in [2.75, 3.05) is 0 Å². The van der Waals surface area contributed by atoms with Crippen LogP contribution in [0.2, 0.25) is 0 Å². The molecule has 0 fully saturated rings. The average molecular weight is 280 g/mol. The fourth-order valence-electron chi connectivity index (χ4n) is 5.16. The Morgan fingerprint density at radius 3 is 1.76 bits per heavy atom. The Morgan fingerprint density at radius 1 is 0.810 bits per heavy atom. The number of hydrogen-bond donors (Lipinski definition) is 0. The molecule has 112 valence electrons. The molecule has 0 heteroatoms. The molecule has 0 spiro atoms. The van der Waals surface area contributed by atoms with Crippen LogP contribution in [-0.2, 0) is 0 Å². The van der Waals surface area contributed by atoms with Gasteiger partial charge in [-0.15, -0.1) is 0 Å². The van der Waals surface area contributed by atoms with Crippen LogP contribution in [0.1, 0.15) is 58.8 Å². The Balaban J connectivity index is 1.53. The summed E-state index contributed by atoms with van der Waals surface area (Å²) in [5.41, 5.74) is 6.97. The average Bonchev–Trinajstić information content (AvgIpc) is 3.07. The van der Waals surface area contributed by atoms with E-state index in [1.165, 1.54) is 44.9 Å². The zero-order valence-electron chi connectivity index (χ0n) is 13.6. The first-order valence-electron chi connectivity index (χ1n) is 9.06. The smallest absolute Gasteiger partial charge is 0.000544 e. The highest BCUT2D eigenvalue weighted by Crippen LogP contribution is 2.46. The number of hydrogen-bond acceptors (Lipinski definition) is 0. The van der Waals surface area contributed by atoms with Gasteiger partial charge in [0.1, 0.15) is 0 Å². The minimum absolute atomic E-state index is 0.737. The number of allylic oxidation sites excluding steroid dienone is 8. The third kappa shape index (κ3) is 2.28. The van der Waals surface area contributed by atoms with Gasteiger partial charge in [-0.25, -0.2) is 0 Å². The molecule has 4 aliphatic rings. The van der Waals surface area contributed by atoms with Crippen LogP contribution >= 0.6 is 0 Å². The van der Waals surface area contributed by atoms with E-state index in [-0.39, 0.29) is 0 Å². The highest BCUT2D eigenvalue weighted by Gasteiger charge is 2.32. The van der Waals surface area contributed by atoms with Gasteiger partial charge in [-0.1, -0.05) is 49.3 Å². The molecule has 0 aromatic rings. The second-order valence-electron chi connectivity index (χ2n) is 7.71. The molecule has 4 rings (SSSR count). The second-order valence-corrected chi connectivity index (χ2v) is 7.71. The van der Waals surface area contributed by atoms with Crippen molar-refractivity contribution in [1.82, 2.24) is 0 Å². The third-order valence-electron chi connectivity index (χ3n) is 6.39. The molecule has 0 heterocycles. The Morgan fingerprint density at radius 2 is 1.29 bits per heavy atom. The van der Waals surface area contributed by atoms with E-state index >= 15 is 0 Å². The largest absolute Gasteiger partial charge is 0.0770 e. The Hall–Kier alpha value is -1.04. The molecule has 0 bridgehead atoms. The molecule has 0 nitrogen and oxygen atoms in total. The minimum atomic E-state index is 0.737. The summed E-state index contributed by atoms with van der Waals surface area (Å²) in [6, 6.07) is 0. The molecule has 0 saturated carbocycles. The summed E-state index contributed by atoms with van der Waals surface area (Å²) in [5, 5.41) is 0. The van der Waals surface area contributed by atoms with Gasteiger partial charge in [0, 0.05) is 0 Å². The van der Waals surface area contributed by atoms with Crippen molar-refractivity contribution >= 4 is 0 Å². The first-order valence-corrected chi connectivity index (χ1v) is 9.06. The van der Waals surface area contributed by atoms with E-state index < -0.39 is 0 Å². The zero-order chi connectivity index (χ0) is 14.4. The predicted octanol–water partition coefficient (Wildman–Crippen LogP) is 5.98. The van der Waals surface area contributed by atoms with Crippen LogP contribution in [0, 0.1) is 23.7 Å².